The molecule has 0 spiro atoms. The third-order valence-corrected chi connectivity index (χ3v) is 3.87. The average molecular weight is 242 g/mol. The fourth-order valence-corrected chi connectivity index (χ4v) is 2.16. The SMILES string of the molecule is Cc1ccc(NCc2cc(C)n(C)c2C)cc1C. The highest BCUT2D eigenvalue weighted by atomic mass is 15.0. The van der Waals surface area contributed by atoms with Gasteiger partial charge in [-0.25, -0.2) is 0 Å². The Hall–Kier alpha value is -1.70. The van der Waals surface area contributed by atoms with Gasteiger partial charge in [-0.2, -0.15) is 0 Å². The molecule has 96 valence electrons. The minimum Gasteiger partial charge on any atom is -0.381 e. The van der Waals surface area contributed by atoms with Crippen LogP contribution in [0.4, 0.5) is 5.69 Å². The van der Waals surface area contributed by atoms with Crippen molar-refractivity contribution < 1.29 is 0 Å². The van der Waals surface area contributed by atoms with Crippen LogP contribution in [-0.4, -0.2) is 4.57 Å². The van der Waals surface area contributed by atoms with Crippen LogP contribution in [0.3, 0.4) is 0 Å². The number of rotatable bonds is 3. The molecule has 0 radical (unpaired) electrons. The highest BCUT2D eigenvalue weighted by Gasteiger charge is 2.05. The van der Waals surface area contributed by atoms with Crippen LogP contribution in [0.2, 0.25) is 0 Å². The van der Waals surface area contributed by atoms with Gasteiger partial charge in [-0.3, -0.25) is 0 Å². The predicted molar refractivity (Wildman–Crippen MR) is 78.1 cm³/mol. The van der Waals surface area contributed by atoms with Gasteiger partial charge in [0.15, 0.2) is 0 Å². The molecule has 2 aromatic rings. The maximum Gasteiger partial charge on any atom is 0.0418 e. The molecule has 0 amide bonds. The monoisotopic (exact) mass is 242 g/mol. The Balaban J connectivity index is 2.11. The Bertz CT molecular complexity index is 565. The molecule has 1 N–H and O–H groups in total. The van der Waals surface area contributed by atoms with Crippen LogP contribution in [0.15, 0.2) is 24.3 Å². The molecule has 0 bridgehead atoms. The van der Waals surface area contributed by atoms with Crippen molar-refractivity contribution in [2.45, 2.75) is 34.2 Å². The van der Waals surface area contributed by atoms with Crippen LogP contribution in [0, 0.1) is 27.7 Å². The van der Waals surface area contributed by atoms with Crippen molar-refractivity contribution in [1.82, 2.24) is 4.57 Å². The lowest BCUT2D eigenvalue weighted by Gasteiger charge is -2.09. The van der Waals surface area contributed by atoms with Crippen molar-refractivity contribution in [2.75, 3.05) is 5.32 Å². The van der Waals surface area contributed by atoms with E-state index >= 15 is 0 Å². The van der Waals surface area contributed by atoms with E-state index in [0.29, 0.717) is 0 Å². The smallest absolute Gasteiger partial charge is 0.0418 e. The van der Waals surface area contributed by atoms with Crippen molar-refractivity contribution in [3.63, 3.8) is 0 Å². The number of aromatic nitrogens is 1. The topological polar surface area (TPSA) is 17.0 Å². The molecule has 1 aromatic heterocycles. The number of hydrogen-bond donors (Lipinski definition) is 1. The molecule has 2 nitrogen and oxygen atoms in total. The lowest BCUT2D eigenvalue weighted by molar-refractivity contribution is 0.837. The molecule has 0 aliphatic carbocycles. The summed E-state index contributed by atoms with van der Waals surface area (Å²) in [6.45, 7) is 9.50. The van der Waals surface area contributed by atoms with Gasteiger partial charge in [-0.15, -0.1) is 0 Å². The highest BCUT2D eigenvalue weighted by molar-refractivity contribution is 5.48. The van der Waals surface area contributed by atoms with Crippen molar-refractivity contribution in [2.24, 2.45) is 7.05 Å². The summed E-state index contributed by atoms with van der Waals surface area (Å²) in [4.78, 5) is 0. The Morgan fingerprint density at radius 3 is 2.28 bits per heavy atom. The van der Waals surface area contributed by atoms with E-state index in [1.165, 1.54) is 33.8 Å². The van der Waals surface area contributed by atoms with E-state index in [4.69, 9.17) is 0 Å². The number of nitrogens with one attached hydrogen (secondary N) is 1. The fraction of sp³-hybridized carbons (Fsp3) is 0.375. The molecule has 2 rings (SSSR count). The van der Waals surface area contributed by atoms with Gasteiger partial charge in [-0.05, 0) is 62.6 Å². The maximum atomic E-state index is 3.50. The van der Waals surface area contributed by atoms with Gasteiger partial charge in [0.2, 0.25) is 0 Å². The zero-order chi connectivity index (χ0) is 13.3. The summed E-state index contributed by atoms with van der Waals surface area (Å²) in [6.07, 6.45) is 0. The summed E-state index contributed by atoms with van der Waals surface area (Å²) in [7, 11) is 2.12. The normalized spacial score (nSPS) is 10.7. The Kier molecular flexibility index (Phi) is 3.46. The van der Waals surface area contributed by atoms with Gasteiger partial charge in [0, 0.05) is 30.7 Å². The molecule has 0 atom stereocenters. The van der Waals surface area contributed by atoms with Crippen molar-refractivity contribution >= 4 is 5.69 Å². The van der Waals surface area contributed by atoms with Crippen LogP contribution in [0.5, 0.6) is 0 Å². The molecule has 0 unspecified atom stereocenters. The first-order chi connectivity index (χ1) is 8.49. The third-order valence-electron chi connectivity index (χ3n) is 3.87. The Labute approximate surface area is 110 Å². The summed E-state index contributed by atoms with van der Waals surface area (Å²) in [5.74, 6) is 0. The lowest BCUT2D eigenvalue weighted by atomic mass is 10.1. The quantitative estimate of drug-likeness (QED) is 0.864. The minimum atomic E-state index is 0.885. The number of anilines is 1. The van der Waals surface area contributed by atoms with Crippen molar-refractivity contribution in [1.29, 1.82) is 0 Å². The maximum absolute atomic E-state index is 3.50. The summed E-state index contributed by atoms with van der Waals surface area (Å²) in [5, 5.41) is 3.50. The molecule has 1 aromatic carbocycles. The average Bonchev–Trinajstić information content (AvgIpc) is 2.58. The molecule has 0 aliphatic heterocycles. The van der Waals surface area contributed by atoms with Gasteiger partial charge in [0.1, 0.15) is 0 Å². The van der Waals surface area contributed by atoms with Gasteiger partial charge >= 0.3 is 0 Å². The molecule has 0 saturated carbocycles. The second-order valence-corrected chi connectivity index (χ2v) is 5.11. The number of hydrogen-bond acceptors (Lipinski definition) is 1. The van der Waals surface area contributed by atoms with Crippen molar-refractivity contribution in [3.05, 3.63) is 52.3 Å². The zero-order valence-electron chi connectivity index (χ0n) is 12.0. The number of aryl methyl sites for hydroxylation is 3. The zero-order valence-corrected chi connectivity index (χ0v) is 12.0. The molecule has 0 saturated heterocycles. The van der Waals surface area contributed by atoms with Gasteiger partial charge in [0.05, 0.1) is 0 Å². The first-order valence-electron chi connectivity index (χ1n) is 6.42. The molecule has 0 fully saturated rings. The van der Waals surface area contributed by atoms with Gasteiger partial charge in [-0.1, -0.05) is 6.07 Å². The Morgan fingerprint density at radius 2 is 1.72 bits per heavy atom. The van der Waals surface area contributed by atoms with E-state index < -0.39 is 0 Å². The van der Waals surface area contributed by atoms with E-state index in [2.05, 4.69) is 68.9 Å². The molecule has 2 heteroatoms. The highest BCUT2D eigenvalue weighted by Crippen LogP contribution is 2.18. The van der Waals surface area contributed by atoms with Crippen LogP contribution >= 0.6 is 0 Å². The molecule has 0 aliphatic rings. The van der Waals surface area contributed by atoms with E-state index in [9.17, 15) is 0 Å². The van der Waals surface area contributed by atoms with E-state index in [1.54, 1.807) is 0 Å². The summed E-state index contributed by atoms with van der Waals surface area (Å²) < 4.78 is 2.23. The number of nitrogens with zero attached hydrogens (tertiary/aromatic N) is 1. The summed E-state index contributed by atoms with van der Waals surface area (Å²) in [5.41, 5.74) is 7.88. The Morgan fingerprint density at radius 1 is 1.00 bits per heavy atom. The largest absolute Gasteiger partial charge is 0.381 e. The van der Waals surface area contributed by atoms with E-state index in [-0.39, 0.29) is 0 Å². The van der Waals surface area contributed by atoms with E-state index in [1.807, 2.05) is 0 Å². The molecular weight excluding hydrogens is 220 g/mol. The molecular formula is C16H22N2. The lowest BCUT2D eigenvalue weighted by Crippen LogP contribution is -2.01. The third kappa shape index (κ3) is 2.42. The second-order valence-electron chi connectivity index (χ2n) is 5.11. The standard InChI is InChI=1S/C16H22N2/c1-11-6-7-16(8-12(11)2)17-10-15-9-13(3)18(5)14(15)4/h6-9,17H,10H2,1-5H3. The molecule has 1 heterocycles. The molecule has 18 heavy (non-hydrogen) atoms. The summed E-state index contributed by atoms with van der Waals surface area (Å²) in [6, 6.07) is 8.78. The van der Waals surface area contributed by atoms with E-state index in [0.717, 1.165) is 6.54 Å². The fourth-order valence-electron chi connectivity index (χ4n) is 2.16. The first kappa shape index (κ1) is 12.7. The van der Waals surface area contributed by atoms with Crippen LogP contribution in [0.1, 0.15) is 28.1 Å². The van der Waals surface area contributed by atoms with Crippen molar-refractivity contribution in [3.8, 4) is 0 Å². The first-order valence-corrected chi connectivity index (χ1v) is 6.42. The number of benzene rings is 1. The summed E-state index contributed by atoms with van der Waals surface area (Å²) >= 11 is 0. The second kappa shape index (κ2) is 4.89. The predicted octanol–water partition coefficient (Wildman–Crippen LogP) is 3.87. The minimum absolute atomic E-state index is 0.885. The van der Waals surface area contributed by atoms with Crippen LogP contribution in [-0.2, 0) is 13.6 Å². The van der Waals surface area contributed by atoms with Crippen LogP contribution < -0.4 is 5.32 Å². The van der Waals surface area contributed by atoms with Gasteiger partial charge in [0.25, 0.3) is 0 Å². The van der Waals surface area contributed by atoms with Crippen LogP contribution in [0.25, 0.3) is 0 Å². The van der Waals surface area contributed by atoms with Gasteiger partial charge < -0.3 is 9.88 Å².